The van der Waals surface area contributed by atoms with Gasteiger partial charge < -0.3 is 4.52 Å². The first-order valence-corrected chi connectivity index (χ1v) is 8.31. The van der Waals surface area contributed by atoms with E-state index < -0.39 is 11.8 Å². The minimum Gasteiger partial charge on any atom is -0.360 e. The lowest BCUT2D eigenvalue weighted by Crippen LogP contribution is -2.41. The third kappa shape index (κ3) is 3.56. The molecule has 0 saturated heterocycles. The van der Waals surface area contributed by atoms with Crippen LogP contribution in [0.2, 0.25) is 10.0 Å². The van der Waals surface area contributed by atoms with Crippen LogP contribution >= 0.6 is 23.2 Å². The zero-order valence-corrected chi connectivity index (χ0v) is 15.1. The van der Waals surface area contributed by atoms with Gasteiger partial charge in [0, 0.05) is 11.1 Å². The second kappa shape index (κ2) is 7.59. The molecule has 2 amide bonds. The van der Waals surface area contributed by atoms with Crippen molar-refractivity contribution in [2.75, 3.05) is 0 Å². The van der Waals surface area contributed by atoms with Crippen LogP contribution in [0.25, 0.3) is 11.3 Å². The van der Waals surface area contributed by atoms with E-state index in [0.29, 0.717) is 21.2 Å². The third-order valence-corrected chi connectivity index (χ3v) is 4.24. The zero-order chi connectivity index (χ0) is 18.7. The highest BCUT2D eigenvalue weighted by molar-refractivity contribution is 6.39. The molecule has 1 heterocycles. The lowest BCUT2D eigenvalue weighted by atomic mass is 10.1. The molecule has 0 aliphatic heterocycles. The molecular weight excluding hydrogens is 377 g/mol. The first-order valence-electron chi connectivity index (χ1n) is 7.55. The number of hydrazine groups is 1. The molecule has 3 aromatic rings. The molecule has 0 aliphatic rings. The lowest BCUT2D eigenvalue weighted by Gasteiger charge is -2.09. The second-order valence-electron chi connectivity index (χ2n) is 5.33. The number of amides is 2. The summed E-state index contributed by atoms with van der Waals surface area (Å²) in [6.07, 6.45) is 0. The first-order chi connectivity index (χ1) is 12.5. The Morgan fingerprint density at radius 3 is 2.19 bits per heavy atom. The third-order valence-electron chi connectivity index (χ3n) is 3.61. The van der Waals surface area contributed by atoms with Crippen molar-refractivity contribution >= 4 is 35.0 Å². The molecule has 0 bridgehead atoms. The van der Waals surface area contributed by atoms with Crippen LogP contribution in [-0.4, -0.2) is 17.0 Å². The van der Waals surface area contributed by atoms with E-state index >= 15 is 0 Å². The average Bonchev–Trinajstić information content (AvgIpc) is 3.01. The van der Waals surface area contributed by atoms with Gasteiger partial charge in [-0.3, -0.25) is 20.4 Å². The lowest BCUT2D eigenvalue weighted by molar-refractivity contribution is 0.0846. The van der Waals surface area contributed by atoms with Gasteiger partial charge in [0.25, 0.3) is 11.8 Å². The van der Waals surface area contributed by atoms with Crippen LogP contribution < -0.4 is 10.9 Å². The molecule has 2 aromatic carbocycles. The highest BCUT2D eigenvalue weighted by Gasteiger charge is 2.25. The highest BCUT2D eigenvalue weighted by atomic mass is 35.5. The summed E-state index contributed by atoms with van der Waals surface area (Å²) in [6.45, 7) is 1.58. The van der Waals surface area contributed by atoms with E-state index in [2.05, 4.69) is 16.0 Å². The quantitative estimate of drug-likeness (QED) is 0.662. The van der Waals surface area contributed by atoms with Gasteiger partial charge >= 0.3 is 0 Å². The predicted molar refractivity (Wildman–Crippen MR) is 98.1 cm³/mol. The fourth-order valence-electron chi connectivity index (χ4n) is 2.37. The smallest absolute Gasteiger partial charge is 0.275 e. The van der Waals surface area contributed by atoms with Crippen molar-refractivity contribution < 1.29 is 14.1 Å². The van der Waals surface area contributed by atoms with Gasteiger partial charge in [0.1, 0.15) is 17.0 Å². The van der Waals surface area contributed by atoms with Gasteiger partial charge in [-0.05, 0) is 31.2 Å². The number of hydrogen-bond donors (Lipinski definition) is 2. The maximum Gasteiger partial charge on any atom is 0.275 e. The molecule has 0 radical (unpaired) electrons. The van der Waals surface area contributed by atoms with Crippen LogP contribution in [0.4, 0.5) is 0 Å². The van der Waals surface area contributed by atoms with Crippen LogP contribution in [0, 0.1) is 6.92 Å². The Balaban J connectivity index is 1.85. The van der Waals surface area contributed by atoms with Crippen LogP contribution in [0.3, 0.4) is 0 Å². The van der Waals surface area contributed by atoms with Crippen LogP contribution in [0.5, 0.6) is 0 Å². The number of rotatable bonds is 3. The van der Waals surface area contributed by atoms with Crippen molar-refractivity contribution in [3.8, 4) is 11.3 Å². The number of nitrogens with one attached hydrogen (secondary N) is 2. The monoisotopic (exact) mass is 389 g/mol. The van der Waals surface area contributed by atoms with Crippen LogP contribution in [-0.2, 0) is 0 Å². The number of hydrogen-bond acceptors (Lipinski definition) is 4. The number of halogens is 2. The van der Waals surface area contributed by atoms with E-state index in [1.165, 1.54) is 0 Å². The predicted octanol–water partition coefficient (Wildman–Crippen LogP) is 4.03. The van der Waals surface area contributed by atoms with Crippen molar-refractivity contribution in [2.24, 2.45) is 0 Å². The Labute approximate surface area is 159 Å². The summed E-state index contributed by atoms with van der Waals surface area (Å²) in [4.78, 5) is 24.6. The molecular formula is C18H13Cl2N3O3. The van der Waals surface area contributed by atoms with E-state index in [4.69, 9.17) is 27.7 Å². The average molecular weight is 390 g/mol. The summed E-state index contributed by atoms with van der Waals surface area (Å²) < 4.78 is 5.13. The van der Waals surface area contributed by atoms with E-state index in [0.717, 1.165) is 0 Å². The van der Waals surface area contributed by atoms with Gasteiger partial charge in [0.05, 0.1) is 10.0 Å². The molecule has 8 heteroatoms. The van der Waals surface area contributed by atoms with Gasteiger partial charge in [-0.1, -0.05) is 52.6 Å². The number of carbonyl (C=O) groups excluding carboxylic acids is 2. The molecule has 132 valence electrons. The maximum atomic E-state index is 12.6. The van der Waals surface area contributed by atoms with Crippen molar-refractivity contribution in [1.82, 2.24) is 16.0 Å². The zero-order valence-electron chi connectivity index (χ0n) is 13.5. The summed E-state index contributed by atoms with van der Waals surface area (Å²) in [5.41, 5.74) is 5.82. The summed E-state index contributed by atoms with van der Waals surface area (Å²) >= 11 is 12.4. The minimum atomic E-state index is -0.598. The van der Waals surface area contributed by atoms with Crippen LogP contribution in [0.15, 0.2) is 53.1 Å². The number of aryl methyl sites for hydroxylation is 1. The Morgan fingerprint density at radius 1 is 0.923 bits per heavy atom. The van der Waals surface area contributed by atoms with E-state index in [9.17, 15) is 9.59 Å². The molecule has 6 nitrogen and oxygen atoms in total. The highest BCUT2D eigenvalue weighted by Crippen LogP contribution is 2.36. The Morgan fingerprint density at radius 2 is 1.54 bits per heavy atom. The summed E-state index contributed by atoms with van der Waals surface area (Å²) in [7, 11) is 0. The number of benzene rings is 2. The van der Waals surface area contributed by atoms with E-state index in [-0.39, 0.29) is 17.0 Å². The molecule has 0 spiro atoms. The van der Waals surface area contributed by atoms with Gasteiger partial charge in [-0.25, -0.2) is 0 Å². The molecule has 3 rings (SSSR count). The van der Waals surface area contributed by atoms with Gasteiger partial charge in [0.2, 0.25) is 0 Å². The van der Waals surface area contributed by atoms with E-state index in [1.54, 1.807) is 55.5 Å². The Kier molecular flexibility index (Phi) is 5.25. The van der Waals surface area contributed by atoms with Crippen molar-refractivity contribution in [3.05, 3.63) is 75.5 Å². The Hall–Kier alpha value is -2.83. The summed E-state index contributed by atoms with van der Waals surface area (Å²) in [5, 5.41) is 4.55. The summed E-state index contributed by atoms with van der Waals surface area (Å²) in [6, 6.07) is 13.4. The molecule has 1 aromatic heterocycles. The molecule has 2 N–H and O–H groups in total. The van der Waals surface area contributed by atoms with Gasteiger partial charge in [0.15, 0.2) is 0 Å². The summed E-state index contributed by atoms with van der Waals surface area (Å²) in [5.74, 6) is -0.785. The molecule has 0 saturated carbocycles. The van der Waals surface area contributed by atoms with Gasteiger partial charge in [-0.2, -0.15) is 0 Å². The molecule has 26 heavy (non-hydrogen) atoms. The maximum absolute atomic E-state index is 12.6. The SMILES string of the molecule is Cc1onc(-c2c(Cl)cccc2Cl)c1C(=O)NNC(=O)c1ccccc1. The standard InChI is InChI=1S/C18H13Cl2N3O3/c1-10-14(16(23-26-10)15-12(19)8-5-9-13(15)20)18(25)22-21-17(24)11-6-3-2-4-7-11/h2-9H,1H3,(H,21,24)(H,22,25). The van der Waals surface area contributed by atoms with Crippen molar-refractivity contribution in [2.45, 2.75) is 6.92 Å². The largest absolute Gasteiger partial charge is 0.360 e. The fourth-order valence-corrected chi connectivity index (χ4v) is 2.95. The number of carbonyl (C=O) groups is 2. The molecule has 0 aliphatic carbocycles. The molecule has 0 atom stereocenters. The Bertz CT molecular complexity index is 951. The second-order valence-corrected chi connectivity index (χ2v) is 6.15. The van der Waals surface area contributed by atoms with Crippen LogP contribution in [0.1, 0.15) is 26.5 Å². The fraction of sp³-hybridized carbons (Fsp3) is 0.0556. The number of nitrogens with zero attached hydrogens (tertiary/aromatic N) is 1. The number of aromatic nitrogens is 1. The topological polar surface area (TPSA) is 84.2 Å². The van der Waals surface area contributed by atoms with Crippen molar-refractivity contribution in [3.63, 3.8) is 0 Å². The minimum absolute atomic E-state index is 0.133. The van der Waals surface area contributed by atoms with Crippen molar-refractivity contribution in [1.29, 1.82) is 0 Å². The molecule has 0 fully saturated rings. The van der Waals surface area contributed by atoms with Gasteiger partial charge in [-0.15, -0.1) is 0 Å². The normalized spacial score (nSPS) is 10.4. The molecule has 0 unspecified atom stereocenters. The van der Waals surface area contributed by atoms with E-state index in [1.807, 2.05) is 0 Å². The first kappa shape index (κ1) is 18.0.